The van der Waals surface area contributed by atoms with Crippen molar-refractivity contribution in [1.29, 1.82) is 0 Å². The van der Waals surface area contributed by atoms with Crippen LogP contribution in [0.25, 0.3) is 0 Å². The zero-order valence-electron chi connectivity index (χ0n) is 14.9. The van der Waals surface area contributed by atoms with Gasteiger partial charge in [0, 0.05) is 38.2 Å². The molecular formula is C20H21N5O. The molecule has 0 saturated carbocycles. The molecule has 6 nitrogen and oxygen atoms in total. The minimum Gasteiger partial charge on any atom is -0.347 e. The first kappa shape index (κ1) is 17.5. The normalized spacial score (nSPS) is 10.4. The van der Waals surface area contributed by atoms with Crippen LogP contribution >= 0.6 is 0 Å². The number of aryl methyl sites for hydroxylation is 1. The standard InChI is InChI=1S/C20H21N5O/c1-15-11-18(19(26)22-13-17-9-6-10-21-12-17)24-20(23-15)25(2)14-16-7-4-3-5-8-16/h3-12H,13-14H2,1-2H3,(H,22,26). The molecule has 2 aromatic heterocycles. The summed E-state index contributed by atoms with van der Waals surface area (Å²) in [5.41, 5.74) is 3.20. The molecule has 0 spiro atoms. The van der Waals surface area contributed by atoms with Crippen molar-refractivity contribution in [3.63, 3.8) is 0 Å². The second-order valence-electron chi connectivity index (χ2n) is 6.08. The Balaban J connectivity index is 1.71. The Labute approximate surface area is 153 Å². The van der Waals surface area contributed by atoms with Crippen molar-refractivity contribution >= 4 is 11.9 Å². The van der Waals surface area contributed by atoms with Crippen LogP contribution in [0.3, 0.4) is 0 Å². The van der Waals surface area contributed by atoms with E-state index in [9.17, 15) is 4.79 Å². The second kappa shape index (κ2) is 8.20. The van der Waals surface area contributed by atoms with E-state index in [1.807, 2.05) is 61.3 Å². The zero-order valence-corrected chi connectivity index (χ0v) is 14.9. The van der Waals surface area contributed by atoms with Gasteiger partial charge in [-0.2, -0.15) is 0 Å². The molecule has 0 unspecified atom stereocenters. The summed E-state index contributed by atoms with van der Waals surface area (Å²) in [7, 11) is 1.92. The highest BCUT2D eigenvalue weighted by molar-refractivity contribution is 5.92. The third kappa shape index (κ3) is 4.63. The molecule has 132 valence electrons. The van der Waals surface area contributed by atoms with Crippen LogP contribution in [0.4, 0.5) is 5.95 Å². The highest BCUT2D eigenvalue weighted by Gasteiger charge is 2.13. The topological polar surface area (TPSA) is 71.0 Å². The number of nitrogens with zero attached hydrogens (tertiary/aromatic N) is 4. The fourth-order valence-corrected chi connectivity index (χ4v) is 2.54. The van der Waals surface area contributed by atoms with Crippen molar-refractivity contribution in [2.24, 2.45) is 0 Å². The Kier molecular flexibility index (Phi) is 5.53. The van der Waals surface area contributed by atoms with E-state index in [0.29, 0.717) is 24.7 Å². The van der Waals surface area contributed by atoms with Gasteiger partial charge in [-0.15, -0.1) is 0 Å². The lowest BCUT2D eigenvalue weighted by atomic mass is 10.2. The molecule has 3 aromatic rings. The van der Waals surface area contributed by atoms with E-state index < -0.39 is 0 Å². The predicted molar refractivity (Wildman–Crippen MR) is 101 cm³/mol. The lowest BCUT2D eigenvalue weighted by molar-refractivity contribution is 0.0945. The van der Waals surface area contributed by atoms with Gasteiger partial charge in [0.05, 0.1) is 0 Å². The molecular weight excluding hydrogens is 326 g/mol. The van der Waals surface area contributed by atoms with E-state index in [4.69, 9.17) is 0 Å². The molecule has 26 heavy (non-hydrogen) atoms. The van der Waals surface area contributed by atoms with Crippen molar-refractivity contribution < 1.29 is 4.79 Å². The molecule has 0 radical (unpaired) electrons. The lowest BCUT2D eigenvalue weighted by Gasteiger charge is -2.18. The van der Waals surface area contributed by atoms with Crippen LogP contribution in [0.2, 0.25) is 0 Å². The zero-order chi connectivity index (χ0) is 18.4. The number of carbonyl (C=O) groups is 1. The maximum atomic E-state index is 12.5. The van der Waals surface area contributed by atoms with Crippen molar-refractivity contribution in [1.82, 2.24) is 20.3 Å². The van der Waals surface area contributed by atoms with Gasteiger partial charge in [-0.05, 0) is 30.2 Å². The molecule has 0 saturated heterocycles. The van der Waals surface area contributed by atoms with Crippen LogP contribution in [0.5, 0.6) is 0 Å². The maximum Gasteiger partial charge on any atom is 0.270 e. The monoisotopic (exact) mass is 347 g/mol. The largest absolute Gasteiger partial charge is 0.347 e. The third-order valence-electron chi connectivity index (χ3n) is 3.85. The second-order valence-corrected chi connectivity index (χ2v) is 6.08. The first-order valence-electron chi connectivity index (χ1n) is 8.39. The Morgan fingerprint density at radius 3 is 2.58 bits per heavy atom. The highest BCUT2D eigenvalue weighted by atomic mass is 16.1. The summed E-state index contributed by atoms with van der Waals surface area (Å²) >= 11 is 0. The summed E-state index contributed by atoms with van der Waals surface area (Å²) < 4.78 is 0. The minimum atomic E-state index is -0.228. The number of anilines is 1. The van der Waals surface area contributed by atoms with Crippen LogP contribution in [-0.4, -0.2) is 27.9 Å². The molecule has 0 fully saturated rings. The van der Waals surface area contributed by atoms with Gasteiger partial charge >= 0.3 is 0 Å². The fourth-order valence-electron chi connectivity index (χ4n) is 2.54. The van der Waals surface area contributed by atoms with Crippen molar-refractivity contribution in [2.45, 2.75) is 20.0 Å². The van der Waals surface area contributed by atoms with Gasteiger partial charge in [0.1, 0.15) is 5.69 Å². The summed E-state index contributed by atoms with van der Waals surface area (Å²) in [6.07, 6.45) is 3.43. The van der Waals surface area contributed by atoms with Gasteiger partial charge in [0.15, 0.2) is 0 Å². The van der Waals surface area contributed by atoms with Crippen molar-refractivity contribution in [3.05, 3.63) is 83.4 Å². The summed E-state index contributed by atoms with van der Waals surface area (Å²) in [5, 5.41) is 2.87. The Hall–Kier alpha value is -3.28. The SMILES string of the molecule is Cc1cc(C(=O)NCc2cccnc2)nc(N(C)Cc2ccccc2)n1. The molecule has 0 aliphatic heterocycles. The molecule has 1 N–H and O–H groups in total. The molecule has 0 aliphatic rings. The summed E-state index contributed by atoms with van der Waals surface area (Å²) in [6.45, 7) is 2.94. The van der Waals surface area contributed by atoms with Gasteiger partial charge in [0.2, 0.25) is 5.95 Å². The number of amides is 1. The maximum absolute atomic E-state index is 12.5. The number of nitrogens with one attached hydrogen (secondary N) is 1. The summed E-state index contributed by atoms with van der Waals surface area (Å²) in [6, 6.07) is 15.5. The smallest absolute Gasteiger partial charge is 0.270 e. The van der Waals surface area contributed by atoms with E-state index in [0.717, 1.165) is 16.8 Å². The van der Waals surface area contributed by atoms with Crippen LogP contribution in [0, 0.1) is 6.92 Å². The molecule has 3 rings (SSSR count). The Morgan fingerprint density at radius 2 is 1.85 bits per heavy atom. The summed E-state index contributed by atoms with van der Waals surface area (Å²) in [5.74, 6) is 0.300. The van der Waals surface area contributed by atoms with Gasteiger partial charge in [-0.1, -0.05) is 36.4 Å². The third-order valence-corrected chi connectivity index (χ3v) is 3.85. The van der Waals surface area contributed by atoms with E-state index in [1.54, 1.807) is 18.5 Å². The summed E-state index contributed by atoms with van der Waals surface area (Å²) in [4.78, 5) is 27.3. The number of aromatic nitrogens is 3. The highest BCUT2D eigenvalue weighted by Crippen LogP contribution is 2.12. The van der Waals surface area contributed by atoms with Crippen LogP contribution in [0.1, 0.15) is 27.3 Å². The molecule has 1 aromatic carbocycles. The van der Waals surface area contributed by atoms with E-state index >= 15 is 0 Å². The van der Waals surface area contributed by atoms with E-state index in [-0.39, 0.29) is 5.91 Å². The molecule has 0 atom stereocenters. The van der Waals surface area contributed by atoms with Crippen molar-refractivity contribution in [3.8, 4) is 0 Å². The number of benzene rings is 1. The van der Waals surface area contributed by atoms with Gasteiger partial charge in [-0.3, -0.25) is 9.78 Å². The molecule has 1 amide bonds. The number of hydrogen-bond acceptors (Lipinski definition) is 5. The predicted octanol–water partition coefficient (Wildman–Crippen LogP) is 2.75. The van der Waals surface area contributed by atoms with Crippen LogP contribution in [-0.2, 0) is 13.1 Å². The molecule has 0 aliphatic carbocycles. The first-order valence-corrected chi connectivity index (χ1v) is 8.39. The fraction of sp³-hybridized carbons (Fsp3) is 0.200. The number of rotatable bonds is 6. The van der Waals surface area contributed by atoms with Gasteiger partial charge in [-0.25, -0.2) is 9.97 Å². The van der Waals surface area contributed by atoms with E-state index in [1.165, 1.54) is 0 Å². The number of carbonyl (C=O) groups excluding carboxylic acids is 1. The Bertz CT molecular complexity index is 868. The van der Waals surface area contributed by atoms with Gasteiger partial charge < -0.3 is 10.2 Å². The number of hydrogen-bond donors (Lipinski definition) is 1. The number of pyridine rings is 1. The van der Waals surface area contributed by atoms with E-state index in [2.05, 4.69) is 20.3 Å². The minimum absolute atomic E-state index is 0.228. The average molecular weight is 347 g/mol. The quantitative estimate of drug-likeness (QED) is 0.742. The lowest BCUT2D eigenvalue weighted by Crippen LogP contribution is -2.26. The van der Waals surface area contributed by atoms with Crippen molar-refractivity contribution in [2.75, 3.05) is 11.9 Å². The molecule has 2 heterocycles. The van der Waals surface area contributed by atoms with Crippen LogP contribution < -0.4 is 10.2 Å². The van der Waals surface area contributed by atoms with Crippen LogP contribution in [0.15, 0.2) is 60.9 Å². The van der Waals surface area contributed by atoms with Gasteiger partial charge in [0.25, 0.3) is 5.91 Å². The molecule has 6 heteroatoms. The average Bonchev–Trinajstić information content (AvgIpc) is 2.67. The Morgan fingerprint density at radius 1 is 1.08 bits per heavy atom. The first-order chi connectivity index (χ1) is 12.6. The molecule has 0 bridgehead atoms.